The lowest BCUT2D eigenvalue weighted by Gasteiger charge is -2.18. The predicted molar refractivity (Wildman–Crippen MR) is 100 cm³/mol. The van der Waals surface area contributed by atoms with Crippen molar-refractivity contribution in [1.82, 2.24) is 10.6 Å². The first-order valence-corrected chi connectivity index (χ1v) is 8.61. The number of carbonyl (C=O) groups excluding carboxylic acids is 2. The van der Waals surface area contributed by atoms with Crippen molar-refractivity contribution in [2.75, 3.05) is 13.2 Å². The van der Waals surface area contributed by atoms with E-state index in [9.17, 15) is 18.4 Å². The van der Waals surface area contributed by atoms with E-state index in [1.807, 2.05) is 30.3 Å². The van der Waals surface area contributed by atoms with Crippen LogP contribution in [0.1, 0.15) is 11.1 Å². The molecule has 2 aromatic carbocycles. The van der Waals surface area contributed by atoms with Gasteiger partial charge in [-0.1, -0.05) is 36.3 Å². The van der Waals surface area contributed by atoms with Gasteiger partial charge in [0.2, 0.25) is 0 Å². The number of halogens is 2. The van der Waals surface area contributed by atoms with E-state index in [0.29, 0.717) is 13.0 Å². The smallest absolute Gasteiger partial charge is 0.330 e. The quantitative estimate of drug-likeness (QED) is 0.541. The molecule has 1 atom stereocenters. The largest absolute Gasteiger partial charge is 0.451 e. The van der Waals surface area contributed by atoms with E-state index in [2.05, 4.69) is 16.6 Å². The molecule has 0 radical (unpaired) electrons. The maximum Gasteiger partial charge on any atom is 0.330 e. The first-order chi connectivity index (χ1) is 13.5. The van der Waals surface area contributed by atoms with Crippen LogP contribution in [-0.4, -0.2) is 31.2 Å². The highest BCUT2D eigenvalue weighted by Gasteiger charge is 2.23. The number of rotatable bonds is 8. The van der Waals surface area contributed by atoms with E-state index < -0.39 is 29.7 Å². The van der Waals surface area contributed by atoms with Crippen LogP contribution in [0.5, 0.6) is 0 Å². The predicted octanol–water partition coefficient (Wildman–Crippen LogP) is 2.59. The molecule has 0 fully saturated rings. The number of urea groups is 1. The monoisotopic (exact) mass is 386 g/mol. The fourth-order valence-corrected chi connectivity index (χ4v) is 2.55. The normalized spacial score (nSPS) is 11.2. The van der Waals surface area contributed by atoms with Gasteiger partial charge in [0, 0.05) is 19.0 Å². The minimum atomic E-state index is -1.15. The van der Waals surface area contributed by atoms with Crippen molar-refractivity contribution >= 4 is 12.0 Å². The zero-order valence-corrected chi connectivity index (χ0v) is 15.1. The summed E-state index contributed by atoms with van der Waals surface area (Å²) in [6.45, 7) is 0.0702. The lowest BCUT2D eigenvalue weighted by molar-refractivity contribution is -0.144. The Hall–Kier alpha value is -3.40. The summed E-state index contributed by atoms with van der Waals surface area (Å²) in [7, 11) is 0. The fourth-order valence-electron chi connectivity index (χ4n) is 2.55. The van der Waals surface area contributed by atoms with Gasteiger partial charge in [-0.25, -0.2) is 18.4 Å². The van der Waals surface area contributed by atoms with Crippen molar-refractivity contribution < 1.29 is 23.1 Å². The molecule has 0 heterocycles. The maximum atomic E-state index is 13.4. The van der Waals surface area contributed by atoms with Gasteiger partial charge in [0.25, 0.3) is 0 Å². The molecule has 0 bridgehead atoms. The highest BCUT2D eigenvalue weighted by Crippen LogP contribution is 2.11. The van der Waals surface area contributed by atoms with Crippen LogP contribution in [0.25, 0.3) is 0 Å². The van der Waals surface area contributed by atoms with E-state index in [4.69, 9.17) is 11.2 Å². The van der Waals surface area contributed by atoms with Crippen LogP contribution in [0.4, 0.5) is 13.6 Å². The van der Waals surface area contributed by atoms with Gasteiger partial charge in [0.05, 0.1) is 0 Å². The highest BCUT2D eigenvalue weighted by molar-refractivity contribution is 5.83. The molecule has 146 valence electrons. The van der Waals surface area contributed by atoms with Crippen molar-refractivity contribution in [1.29, 1.82) is 0 Å². The van der Waals surface area contributed by atoms with Gasteiger partial charge in [0.1, 0.15) is 17.7 Å². The van der Waals surface area contributed by atoms with Gasteiger partial charge in [-0.05, 0) is 29.7 Å². The number of esters is 1. The van der Waals surface area contributed by atoms with Gasteiger partial charge in [0.15, 0.2) is 6.61 Å². The van der Waals surface area contributed by atoms with E-state index in [1.165, 1.54) is 0 Å². The first-order valence-electron chi connectivity index (χ1n) is 8.61. The molecule has 0 unspecified atom stereocenters. The fraction of sp³-hybridized carbons (Fsp3) is 0.238. The van der Waals surface area contributed by atoms with Gasteiger partial charge < -0.3 is 15.4 Å². The summed E-state index contributed by atoms with van der Waals surface area (Å²) in [5, 5.41) is 5.10. The molecule has 0 saturated carbocycles. The van der Waals surface area contributed by atoms with E-state index in [0.717, 1.165) is 23.8 Å². The number of hydrogen-bond donors (Lipinski definition) is 2. The van der Waals surface area contributed by atoms with E-state index >= 15 is 0 Å². The van der Waals surface area contributed by atoms with Crippen LogP contribution in [0, 0.1) is 24.0 Å². The summed E-state index contributed by atoms with van der Waals surface area (Å²) in [5.74, 6) is -0.200. The summed E-state index contributed by atoms with van der Waals surface area (Å²) >= 11 is 0. The number of ether oxygens (including phenoxy) is 1. The molecule has 0 aliphatic rings. The summed E-state index contributed by atoms with van der Waals surface area (Å²) < 4.78 is 31.6. The summed E-state index contributed by atoms with van der Waals surface area (Å²) in [6, 6.07) is 10.7. The molecule has 5 nitrogen and oxygen atoms in total. The van der Waals surface area contributed by atoms with Crippen molar-refractivity contribution in [2.45, 2.75) is 18.9 Å². The number of benzene rings is 2. The molecule has 0 aliphatic heterocycles. The van der Waals surface area contributed by atoms with E-state index in [-0.39, 0.29) is 18.6 Å². The van der Waals surface area contributed by atoms with Gasteiger partial charge in [-0.3, -0.25) is 0 Å². The minimum absolute atomic E-state index is 0.149. The Morgan fingerprint density at radius 1 is 1.07 bits per heavy atom. The first kappa shape index (κ1) is 20.9. The molecule has 2 N–H and O–H groups in total. The molecule has 0 aromatic heterocycles. The van der Waals surface area contributed by atoms with Gasteiger partial charge >= 0.3 is 12.0 Å². The summed E-state index contributed by atoms with van der Waals surface area (Å²) in [5.41, 5.74) is 1.24. The Labute approximate surface area is 162 Å². The number of carbonyl (C=O) groups is 2. The molecule has 2 aromatic rings. The second kappa shape index (κ2) is 10.7. The Bertz CT molecular complexity index is 830. The molecule has 2 amide bonds. The summed E-state index contributed by atoms with van der Waals surface area (Å²) in [6.07, 6.45) is 5.52. The van der Waals surface area contributed by atoms with Crippen LogP contribution in [-0.2, 0) is 22.4 Å². The molecule has 2 rings (SSSR count). The average Bonchev–Trinajstić information content (AvgIpc) is 2.65. The van der Waals surface area contributed by atoms with E-state index in [1.54, 1.807) is 0 Å². The van der Waals surface area contributed by atoms with Gasteiger partial charge in [-0.2, -0.15) is 0 Å². The van der Waals surface area contributed by atoms with Crippen molar-refractivity contribution in [3.05, 3.63) is 71.3 Å². The Kier molecular flexibility index (Phi) is 7.97. The minimum Gasteiger partial charge on any atom is -0.451 e. The molecular weight excluding hydrogens is 366 g/mol. The third kappa shape index (κ3) is 7.08. The Balaban J connectivity index is 1.96. The topological polar surface area (TPSA) is 67.4 Å². The number of amides is 2. The molecule has 7 heteroatoms. The number of nitrogens with one attached hydrogen (secondary N) is 2. The standard InChI is InChI=1S/C21H20F2N2O3/c1-2-10-28-20(26)19(13-16-11-17(22)14-18(23)12-16)25-21(27)24-9-8-15-6-4-3-5-7-15/h1,3-7,11-12,14,19H,8-10,13H2,(H2,24,25,27)/t19-/m0/s1. The lowest BCUT2D eigenvalue weighted by atomic mass is 10.1. The number of hydrogen-bond acceptors (Lipinski definition) is 3. The Morgan fingerprint density at radius 3 is 2.39 bits per heavy atom. The Morgan fingerprint density at radius 2 is 1.75 bits per heavy atom. The SMILES string of the molecule is C#CCOC(=O)[C@H](Cc1cc(F)cc(F)c1)NC(=O)NCCc1ccccc1. The van der Waals surface area contributed by atoms with Crippen LogP contribution in [0.15, 0.2) is 48.5 Å². The van der Waals surface area contributed by atoms with Crippen molar-refractivity contribution in [3.63, 3.8) is 0 Å². The summed E-state index contributed by atoms with van der Waals surface area (Å²) in [4.78, 5) is 24.3. The van der Waals surface area contributed by atoms with Crippen molar-refractivity contribution in [2.24, 2.45) is 0 Å². The highest BCUT2D eigenvalue weighted by atomic mass is 19.1. The van der Waals surface area contributed by atoms with Crippen LogP contribution in [0.2, 0.25) is 0 Å². The second-order valence-electron chi connectivity index (χ2n) is 5.98. The molecule has 0 spiro atoms. The lowest BCUT2D eigenvalue weighted by Crippen LogP contribution is -2.48. The van der Waals surface area contributed by atoms with Gasteiger partial charge in [-0.15, -0.1) is 6.42 Å². The molecular formula is C21H20F2N2O3. The van der Waals surface area contributed by atoms with Crippen molar-refractivity contribution in [3.8, 4) is 12.3 Å². The van der Waals surface area contributed by atoms with Crippen LogP contribution in [0.3, 0.4) is 0 Å². The third-order valence-corrected chi connectivity index (χ3v) is 3.79. The number of terminal acetylenes is 1. The molecule has 0 aliphatic carbocycles. The second-order valence-corrected chi connectivity index (χ2v) is 5.98. The maximum absolute atomic E-state index is 13.4. The molecule has 0 saturated heterocycles. The zero-order valence-electron chi connectivity index (χ0n) is 15.1. The third-order valence-electron chi connectivity index (χ3n) is 3.79. The molecule has 28 heavy (non-hydrogen) atoms. The average molecular weight is 386 g/mol. The zero-order chi connectivity index (χ0) is 20.4. The van der Waals surface area contributed by atoms with Crippen LogP contribution >= 0.6 is 0 Å². The van der Waals surface area contributed by atoms with Crippen LogP contribution < -0.4 is 10.6 Å².